The van der Waals surface area contributed by atoms with Gasteiger partial charge in [0.05, 0.1) is 0 Å². The highest BCUT2D eigenvalue weighted by atomic mass is 32.2. The number of nitrogens with one attached hydrogen (secondary N) is 1. The van der Waals surface area contributed by atoms with Crippen molar-refractivity contribution < 1.29 is 4.79 Å². The summed E-state index contributed by atoms with van der Waals surface area (Å²) in [4.78, 5) is 20.4. The molecule has 4 nitrogen and oxygen atoms in total. The van der Waals surface area contributed by atoms with E-state index < -0.39 is 0 Å². The van der Waals surface area contributed by atoms with Gasteiger partial charge >= 0.3 is 0 Å². The molecule has 1 amide bonds. The van der Waals surface area contributed by atoms with Gasteiger partial charge in [-0.1, -0.05) is 29.5 Å². The Balaban J connectivity index is 1.79. The molecule has 1 N–H and O–H groups in total. The zero-order chi connectivity index (χ0) is 15.9. The highest BCUT2D eigenvalue weighted by Crippen LogP contribution is 2.22. The molecule has 1 aromatic heterocycles. The first kappa shape index (κ1) is 16.5. The highest BCUT2D eigenvalue weighted by molar-refractivity contribution is 7.99. The van der Waals surface area contributed by atoms with Gasteiger partial charge in [0, 0.05) is 30.3 Å². The van der Waals surface area contributed by atoms with Crippen LogP contribution in [0.1, 0.15) is 29.5 Å². The molecule has 0 saturated carbocycles. The van der Waals surface area contributed by atoms with Crippen molar-refractivity contribution in [2.24, 2.45) is 0 Å². The lowest BCUT2D eigenvalue weighted by Crippen LogP contribution is -2.13. The standard InChI is InChI=1S/C17H21N3OS/c1-12-10-13(2)16(14(3)11-12)20-15(21)6-4-9-22-17-18-7-5-8-19-17/h5,7-8,10-11H,4,6,9H2,1-3H3,(H,20,21). The third kappa shape index (κ3) is 4.84. The van der Waals surface area contributed by atoms with E-state index in [1.54, 1.807) is 30.2 Å². The first-order valence-corrected chi connectivity index (χ1v) is 8.32. The first-order valence-electron chi connectivity index (χ1n) is 7.34. The molecule has 5 heteroatoms. The zero-order valence-corrected chi connectivity index (χ0v) is 14.0. The van der Waals surface area contributed by atoms with Gasteiger partial charge in [0.15, 0.2) is 5.16 Å². The molecule has 0 atom stereocenters. The number of benzene rings is 1. The van der Waals surface area contributed by atoms with Crippen LogP contribution in [0.4, 0.5) is 5.69 Å². The van der Waals surface area contributed by atoms with E-state index in [-0.39, 0.29) is 5.91 Å². The number of nitrogens with zero attached hydrogens (tertiary/aromatic N) is 2. The van der Waals surface area contributed by atoms with Crippen LogP contribution in [0.2, 0.25) is 0 Å². The number of thioether (sulfide) groups is 1. The van der Waals surface area contributed by atoms with Crippen molar-refractivity contribution in [1.29, 1.82) is 0 Å². The number of rotatable bonds is 6. The van der Waals surface area contributed by atoms with Crippen LogP contribution in [-0.4, -0.2) is 21.6 Å². The number of aryl methyl sites for hydroxylation is 3. The highest BCUT2D eigenvalue weighted by Gasteiger charge is 2.08. The number of carbonyl (C=O) groups is 1. The Bertz CT molecular complexity index is 621. The van der Waals surface area contributed by atoms with E-state index in [4.69, 9.17) is 0 Å². The average molecular weight is 315 g/mol. The summed E-state index contributed by atoms with van der Waals surface area (Å²) in [6.07, 6.45) is 4.77. The summed E-state index contributed by atoms with van der Waals surface area (Å²) in [7, 11) is 0. The SMILES string of the molecule is Cc1cc(C)c(NC(=O)CCCSc2ncccn2)c(C)c1. The summed E-state index contributed by atoms with van der Waals surface area (Å²) in [6.45, 7) is 6.12. The van der Waals surface area contributed by atoms with E-state index in [2.05, 4.69) is 34.3 Å². The third-order valence-corrected chi connectivity index (χ3v) is 4.22. The van der Waals surface area contributed by atoms with Crippen molar-refractivity contribution in [3.05, 3.63) is 47.3 Å². The lowest BCUT2D eigenvalue weighted by Gasteiger charge is -2.12. The van der Waals surface area contributed by atoms with Crippen LogP contribution >= 0.6 is 11.8 Å². The molecular formula is C17H21N3OS. The van der Waals surface area contributed by atoms with Gasteiger partial charge in [-0.05, 0) is 44.4 Å². The van der Waals surface area contributed by atoms with Gasteiger partial charge in [0.1, 0.15) is 0 Å². The summed E-state index contributed by atoms with van der Waals surface area (Å²) >= 11 is 1.57. The van der Waals surface area contributed by atoms with Crippen LogP contribution in [0.25, 0.3) is 0 Å². The number of amides is 1. The molecule has 116 valence electrons. The van der Waals surface area contributed by atoms with Gasteiger partial charge in [-0.2, -0.15) is 0 Å². The number of aromatic nitrogens is 2. The normalized spacial score (nSPS) is 10.5. The van der Waals surface area contributed by atoms with E-state index in [1.807, 2.05) is 13.8 Å². The fourth-order valence-electron chi connectivity index (χ4n) is 2.34. The largest absolute Gasteiger partial charge is 0.326 e. The Morgan fingerprint density at radius 3 is 2.41 bits per heavy atom. The monoisotopic (exact) mass is 315 g/mol. The van der Waals surface area contributed by atoms with Crippen LogP contribution in [0, 0.1) is 20.8 Å². The number of carbonyl (C=O) groups excluding carboxylic acids is 1. The lowest BCUT2D eigenvalue weighted by atomic mass is 10.0. The molecule has 0 aliphatic carbocycles. The minimum atomic E-state index is 0.0598. The molecule has 0 saturated heterocycles. The summed E-state index contributed by atoms with van der Waals surface area (Å²) in [5, 5.41) is 3.78. The van der Waals surface area contributed by atoms with Crippen LogP contribution in [0.15, 0.2) is 35.7 Å². The van der Waals surface area contributed by atoms with Crippen molar-refractivity contribution in [2.45, 2.75) is 38.8 Å². The first-order chi connectivity index (χ1) is 10.6. The Kier molecular flexibility index (Phi) is 5.95. The van der Waals surface area contributed by atoms with E-state index in [0.717, 1.165) is 34.1 Å². The summed E-state index contributed by atoms with van der Waals surface area (Å²) in [5.41, 5.74) is 4.37. The van der Waals surface area contributed by atoms with Crippen molar-refractivity contribution in [3.63, 3.8) is 0 Å². The Morgan fingerprint density at radius 2 is 1.77 bits per heavy atom. The van der Waals surface area contributed by atoms with Crippen molar-refractivity contribution in [3.8, 4) is 0 Å². The van der Waals surface area contributed by atoms with Crippen LogP contribution in [0.3, 0.4) is 0 Å². The van der Waals surface area contributed by atoms with Crippen molar-refractivity contribution in [1.82, 2.24) is 9.97 Å². The van der Waals surface area contributed by atoms with Crippen molar-refractivity contribution in [2.75, 3.05) is 11.1 Å². The van der Waals surface area contributed by atoms with Gasteiger partial charge in [-0.25, -0.2) is 9.97 Å². The fourth-order valence-corrected chi connectivity index (χ4v) is 3.08. The average Bonchev–Trinajstić information content (AvgIpc) is 2.48. The fraction of sp³-hybridized carbons (Fsp3) is 0.353. The van der Waals surface area contributed by atoms with Gasteiger partial charge in [0.25, 0.3) is 0 Å². The minimum absolute atomic E-state index is 0.0598. The maximum atomic E-state index is 12.1. The summed E-state index contributed by atoms with van der Waals surface area (Å²) in [6, 6.07) is 5.97. The Hall–Kier alpha value is -1.88. The molecule has 22 heavy (non-hydrogen) atoms. The zero-order valence-electron chi connectivity index (χ0n) is 13.2. The molecule has 1 aromatic carbocycles. The Labute approximate surface area is 135 Å². The van der Waals surface area contributed by atoms with Crippen LogP contribution < -0.4 is 5.32 Å². The van der Waals surface area contributed by atoms with Gasteiger partial charge in [-0.3, -0.25) is 4.79 Å². The van der Waals surface area contributed by atoms with E-state index >= 15 is 0 Å². The summed E-state index contributed by atoms with van der Waals surface area (Å²) < 4.78 is 0. The van der Waals surface area contributed by atoms with Gasteiger partial charge in [0.2, 0.25) is 5.91 Å². The number of hydrogen-bond donors (Lipinski definition) is 1. The second-order valence-electron chi connectivity index (χ2n) is 5.31. The lowest BCUT2D eigenvalue weighted by molar-refractivity contribution is -0.116. The van der Waals surface area contributed by atoms with Gasteiger partial charge in [-0.15, -0.1) is 0 Å². The molecule has 0 fully saturated rings. The van der Waals surface area contributed by atoms with Crippen LogP contribution in [0.5, 0.6) is 0 Å². The second-order valence-corrected chi connectivity index (χ2v) is 6.37. The van der Waals surface area contributed by atoms with E-state index in [0.29, 0.717) is 6.42 Å². The molecular weight excluding hydrogens is 294 g/mol. The molecule has 2 rings (SSSR count). The molecule has 1 heterocycles. The van der Waals surface area contributed by atoms with Gasteiger partial charge < -0.3 is 5.32 Å². The van der Waals surface area contributed by atoms with Crippen molar-refractivity contribution >= 4 is 23.4 Å². The van der Waals surface area contributed by atoms with E-state index in [9.17, 15) is 4.79 Å². The molecule has 2 aromatic rings. The maximum Gasteiger partial charge on any atom is 0.224 e. The smallest absolute Gasteiger partial charge is 0.224 e. The minimum Gasteiger partial charge on any atom is -0.326 e. The third-order valence-electron chi connectivity index (χ3n) is 3.26. The predicted molar refractivity (Wildman–Crippen MR) is 91.3 cm³/mol. The predicted octanol–water partition coefficient (Wildman–Crippen LogP) is 3.91. The number of anilines is 1. The Morgan fingerprint density at radius 1 is 1.14 bits per heavy atom. The quantitative estimate of drug-likeness (QED) is 0.499. The molecule has 0 bridgehead atoms. The maximum absolute atomic E-state index is 12.1. The molecule has 0 unspecified atom stereocenters. The number of hydrogen-bond acceptors (Lipinski definition) is 4. The molecule has 0 spiro atoms. The summed E-state index contributed by atoms with van der Waals surface area (Å²) in [5.74, 6) is 0.896. The topological polar surface area (TPSA) is 54.9 Å². The van der Waals surface area contributed by atoms with E-state index in [1.165, 1.54) is 5.56 Å². The second kappa shape index (κ2) is 7.94. The molecule has 0 radical (unpaired) electrons. The molecule has 0 aliphatic rings. The molecule has 0 aliphatic heterocycles. The van der Waals surface area contributed by atoms with Crippen LogP contribution in [-0.2, 0) is 4.79 Å².